The maximum atomic E-state index is 8.06. The Kier molecular flexibility index (Phi) is 16.2. The Morgan fingerprint density at radius 3 is 0.867 bits per heavy atom. The molecule has 8 aromatic rings. The predicted molar refractivity (Wildman–Crippen MR) is 253 cm³/mol. The van der Waals surface area contributed by atoms with Crippen LogP contribution in [-0.4, -0.2) is 70.5 Å². The Balaban J connectivity index is 0.000000193. The molecule has 8 rings (SSSR count). The van der Waals surface area contributed by atoms with Crippen molar-refractivity contribution in [2.45, 2.75) is 39.9 Å². The molecule has 0 bridgehead atoms. The van der Waals surface area contributed by atoms with Gasteiger partial charge in [-0.1, -0.05) is 121 Å². The maximum absolute atomic E-state index is 8.06. The van der Waals surface area contributed by atoms with Gasteiger partial charge < -0.3 is 30.0 Å². The first kappa shape index (κ1) is 44.4. The molecule has 2 aromatic heterocycles. The number of aliphatic hydroxyl groups is 2. The van der Waals surface area contributed by atoms with Crippen LogP contribution in [0, 0.1) is 0 Å². The quantitative estimate of drug-likeness (QED) is 0.122. The van der Waals surface area contributed by atoms with Crippen LogP contribution in [0.4, 0.5) is 11.4 Å². The summed E-state index contributed by atoms with van der Waals surface area (Å²) in [4.78, 5) is 21.1. The van der Waals surface area contributed by atoms with Gasteiger partial charge in [-0.05, 0) is 76.2 Å². The number of H-pyrrole nitrogens is 2. The van der Waals surface area contributed by atoms with Gasteiger partial charge in [-0.3, -0.25) is 0 Å². The Hall–Kier alpha value is -6.74. The van der Waals surface area contributed by atoms with Crippen molar-refractivity contribution in [3.05, 3.63) is 170 Å². The highest BCUT2D eigenvalue weighted by Crippen LogP contribution is 2.35. The summed E-state index contributed by atoms with van der Waals surface area (Å²) in [7, 11) is 8.18. The molecular weight excluding hydrogens is 741 g/mol. The van der Waals surface area contributed by atoms with E-state index >= 15 is 0 Å². The number of nitrogens with zero attached hydrogens (tertiary/aromatic N) is 4. The van der Waals surface area contributed by atoms with Gasteiger partial charge in [0.2, 0.25) is 0 Å². The van der Waals surface area contributed by atoms with Crippen molar-refractivity contribution in [1.29, 1.82) is 0 Å². The number of aromatic amines is 2. The summed E-state index contributed by atoms with van der Waals surface area (Å²) in [5.74, 6) is 1.76. The molecule has 0 unspecified atom stereocenters. The predicted octanol–water partition coefficient (Wildman–Crippen LogP) is 11.7. The van der Waals surface area contributed by atoms with Crippen LogP contribution in [0.15, 0.2) is 170 Å². The molecule has 0 fully saturated rings. The summed E-state index contributed by atoms with van der Waals surface area (Å²) in [5, 5.41) is 16.1. The number of anilines is 2. The second kappa shape index (κ2) is 21.9. The van der Waals surface area contributed by atoms with Crippen LogP contribution < -0.4 is 9.80 Å². The Labute approximate surface area is 355 Å². The van der Waals surface area contributed by atoms with Crippen LogP contribution in [0.5, 0.6) is 0 Å². The van der Waals surface area contributed by atoms with Gasteiger partial charge in [0.05, 0.1) is 22.8 Å². The number of nitrogens with one attached hydrogen (secondary N) is 2. The first-order valence-corrected chi connectivity index (χ1v) is 20.2. The van der Waals surface area contributed by atoms with Crippen LogP contribution in [0.2, 0.25) is 0 Å². The van der Waals surface area contributed by atoms with Crippen molar-refractivity contribution >= 4 is 11.4 Å². The molecule has 0 aliphatic carbocycles. The lowest BCUT2D eigenvalue weighted by Crippen LogP contribution is -2.07. The van der Waals surface area contributed by atoms with E-state index in [0.717, 1.165) is 67.8 Å². The number of aromatic nitrogens is 4. The number of hydrogen-bond acceptors (Lipinski definition) is 6. The lowest BCUT2D eigenvalue weighted by Gasteiger charge is -2.12. The van der Waals surface area contributed by atoms with E-state index in [2.05, 4.69) is 141 Å². The van der Waals surface area contributed by atoms with Gasteiger partial charge in [-0.25, -0.2) is 9.97 Å². The minimum Gasteiger partial charge on any atom is -0.394 e. The fraction of sp³-hybridized carbons (Fsp3) is 0.192. The Morgan fingerprint density at radius 1 is 0.367 bits per heavy atom. The van der Waals surface area contributed by atoms with Crippen molar-refractivity contribution in [1.82, 2.24) is 19.9 Å². The molecule has 6 aromatic carbocycles. The average Bonchev–Trinajstić information content (AvgIpc) is 3.92. The van der Waals surface area contributed by atoms with Crippen LogP contribution in [0.1, 0.15) is 27.7 Å². The van der Waals surface area contributed by atoms with Gasteiger partial charge in [-0.15, -0.1) is 0 Å². The van der Waals surface area contributed by atoms with E-state index in [1.165, 1.54) is 11.4 Å². The zero-order valence-electron chi connectivity index (χ0n) is 36.0. The minimum atomic E-state index is -0.167. The number of imidazole rings is 2. The van der Waals surface area contributed by atoms with E-state index in [9.17, 15) is 0 Å². The highest BCUT2D eigenvalue weighted by molar-refractivity contribution is 5.82. The summed E-state index contributed by atoms with van der Waals surface area (Å²) >= 11 is 0. The number of rotatable bonds is 8. The molecule has 60 heavy (non-hydrogen) atoms. The SMILES string of the molecule is CC(C)O.CC(C)O.CN(C)c1ccc(-c2nc(-c3ccccc3)c(-c3ccccc3)[nH]2)cc1.CN(C)c1ccc(-c2nc(-c3ccccc3)c(-c3ccccc3)[nH]2)cc1. The molecule has 0 amide bonds. The molecular formula is C52H58N6O2. The zero-order valence-corrected chi connectivity index (χ0v) is 36.0. The standard InChI is InChI=1S/2C23H21N3.2C3H8O/c2*1-26(2)20-15-13-19(14-16-20)23-24-21(17-9-5-3-6-10-17)22(25-23)18-11-7-4-8-12-18;2*1-3(2)4/h2*3-16H,1-2H3,(H,24,25);2*3-4H,1-2H3. The van der Waals surface area contributed by atoms with Crippen LogP contribution in [0.3, 0.4) is 0 Å². The molecule has 0 aliphatic rings. The van der Waals surface area contributed by atoms with Gasteiger partial charge in [-0.2, -0.15) is 0 Å². The third kappa shape index (κ3) is 12.6. The van der Waals surface area contributed by atoms with E-state index in [1.807, 2.05) is 76.7 Å². The third-order valence-electron chi connectivity index (χ3n) is 8.94. The average molecular weight is 799 g/mol. The van der Waals surface area contributed by atoms with E-state index in [4.69, 9.17) is 20.2 Å². The molecule has 4 N–H and O–H groups in total. The molecule has 0 aliphatic heterocycles. The smallest absolute Gasteiger partial charge is 0.138 e. The Bertz CT molecular complexity index is 2130. The summed E-state index contributed by atoms with van der Waals surface area (Å²) < 4.78 is 0. The molecule has 2 heterocycles. The molecule has 0 saturated carbocycles. The van der Waals surface area contributed by atoms with Gasteiger partial charge in [0.15, 0.2) is 0 Å². The van der Waals surface area contributed by atoms with Crippen LogP contribution in [-0.2, 0) is 0 Å². The Morgan fingerprint density at radius 2 is 0.617 bits per heavy atom. The molecule has 0 radical (unpaired) electrons. The number of hydrogen-bond donors (Lipinski definition) is 4. The molecule has 0 saturated heterocycles. The lowest BCUT2D eigenvalue weighted by atomic mass is 10.1. The van der Waals surface area contributed by atoms with Gasteiger partial charge in [0.1, 0.15) is 11.6 Å². The van der Waals surface area contributed by atoms with E-state index in [1.54, 1.807) is 27.7 Å². The normalized spacial score (nSPS) is 10.5. The first-order valence-electron chi connectivity index (χ1n) is 20.2. The summed E-state index contributed by atoms with van der Waals surface area (Å²) in [6.45, 7) is 6.89. The van der Waals surface area contributed by atoms with Crippen LogP contribution in [0.25, 0.3) is 67.8 Å². The summed E-state index contributed by atoms with van der Waals surface area (Å²) in [5.41, 5.74) is 13.0. The van der Waals surface area contributed by atoms with Crippen molar-refractivity contribution in [2.75, 3.05) is 38.0 Å². The van der Waals surface area contributed by atoms with E-state index in [0.29, 0.717) is 0 Å². The molecule has 0 spiro atoms. The first-order chi connectivity index (χ1) is 28.9. The molecule has 0 atom stereocenters. The van der Waals surface area contributed by atoms with E-state index < -0.39 is 0 Å². The fourth-order valence-electron chi connectivity index (χ4n) is 6.09. The van der Waals surface area contributed by atoms with Crippen molar-refractivity contribution in [2.24, 2.45) is 0 Å². The van der Waals surface area contributed by atoms with Gasteiger partial charge in [0, 0.05) is 85.2 Å². The summed E-state index contributed by atoms with van der Waals surface area (Å²) in [6, 6.07) is 58.2. The highest BCUT2D eigenvalue weighted by Gasteiger charge is 2.16. The lowest BCUT2D eigenvalue weighted by molar-refractivity contribution is 0.215. The molecule has 8 heteroatoms. The topological polar surface area (TPSA) is 104 Å². The fourth-order valence-corrected chi connectivity index (χ4v) is 6.09. The van der Waals surface area contributed by atoms with E-state index in [-0.39, 0.29) is 12.2 Å². The number of benzene rings is 6. The second-order valence-corrected chi connectivity index (χ2v) is 15.2. The van der Waals surface area contributed by atoms with Crippen molar-refractivity contribution in [3.63, 3.8) is 0 Å². The third-order valence-corrected chi connectivity index (χ3v) is 8.94. The molecule has 8 nitrogen and oxygen atoms in total. The highest BCUT2D eigenvalue weighted by atomic mass is 16.3. The summed E-state index contributed by atoms with van der Waals surface area (Å²) in [6.07, 6.45) is -0.333. The zero-order chi connectivity index (χ0) is 43.0. The molecule has 308 valence electrons. The van der Waals surface area contributed by atoms with Gasteiger partial charge in [0.25, 0.3) is 0 Å². The van der Waals surface area contributed by atoms with Crippen LogP contribution >= 0.6 is 0 Å². The van der Waals surface area contributed by atoms with Crippen molar-refractivity contribution in [3.8, 4) is 67.8 Å². The van der Waals surface area contributed by atoms with Gasteiger partial charge >= 0.3 is 0 Å². The maximum Gasteiger partial charge on any atom is 0.138 e. The second-order valence-electron chi connectivity index (χ2n) is 15.2. The number of aliphatic hydroxyl groups excluding tert-OH is 2. The largest absolute Gasteiger partial charge is 0.394 e. The van der Waals surface area contributed by atoms with Crippen molar-refractivity contribution < 1.29 is 10.2 Å². The monoisotopic (exact) mass is 798 g/mol. The minimum absolute atomic E-state index is 0.167.